The molecule has 1 aromatic carbocycles. The fraction of sp³-hybridized carbons (Fsp3) is 0.533. The van der Waals surface area contributed by atoms with E-state index in [0.717, 1.165) is 21.9 Å². The van der Waals surface area contributed by atoms with Crippen LogP contribution in [0.1, 0.15) is 31.2 Å². The molecule has 0 aromatic heterocycles. The van der Waals surface area contributed by atoms with E-state index in [4.69, 9.17) is 4.99 Å². The minimum Gasteiger partial charge on any atom is -0.334 e. The number of rotatable bonds is 1. The van der Waals surface area contributed by atoms with Gasteiger partial charge in [0.2, 0.25) is 0 Å². The average Bonchev–Trinajstić information content (AvgIpc) is 2.84. The molecule has 0 saturated heterocycles. The summed E-state index contributed by atoms with van der Waals surface area (Å²) in [6, 6.07) is 6.37. The number of nitrogens with zero attached hydrogens (tertiary/aromatic N) is 1. The van der Waals surface area contributed by atoms with Crippen LogP contribution in [0.3, 0.4) is 0 Å². The van der Waals surface area contributed by atoms with E-state index in [0.29, 0.717) is 5.41 Å². The molecule has 1 fully saturated rings. The molecule has 0 bridgehead atoms. The van der Waals surface area contributed by atoms with Crippen molar-refractivity contribution in [2.75, 3.05) is 17.6 Å². The molecule has 19 heavy (non-hydrogen) atoms. The minimum absolute atomic E-state index is 0.514. The van der Waals surface area contributed by atoms with Crippen LogP contribution in [0.4, 0.5) is 5.69 Å². The van der Waals surface area contributed by atoms with Crippen LogP contribution in [0.15, 0.2) is 27.7 Å². The Bertz CT molecular complexity index is 507. The van der Waals surface area contributed by atoms with Crippen LogP contribution < -0.4 is 5.32 Å². The number of thioether (sulfide) groups is 1. The van der Waals surface area contributed by atoms with Crippen LogP contribution >= 0.6 is 27.7 Å². The number of anilines is 1. The Morgan fingerprint density at radius 2 is 2.11 bits per heavy atom. The van der Waals surface area contributed by atoms with E-state index in [2.05, 4.69) is 46.4 Å². The molecule has 4 heteroatoms. The second kappa shape index (κ2) is 5.49. The molecule has 1 aliphatic heterocycles. The highest BCUT2D eigenvalue weighted by Gasteiger charge is 2.36. The summed E-state index contributed by atoms with van der Waals surface area (Å²) in [6.07, 6.45) is 5.51. The third-order valence-electron chi connectivity index (χ3n) is 4.10. The topological polar surface area (TPSA) is 24.4 Å². The summed E-state index contributed by atoms with van der Waals surface area (Å²) in [4.78, 5) is 4.77. The van der Waals surface area contributed by atoms with E-state index in [-0.39, 0.29) is 0 Å². The largest absolute Gasteiger partial charge is 0.334 e. The summed E-state index contributed by atoms with van der Waals surface area (Å²) < 4.78 is 1.11. The van der Waals surface area contributed by atoms with Crippen molar-refractivity contribution in [3.63, 3.8) is 0 Å². The normalized spacial score (nSPS) is 21.5. The molecule has 1 N–H and O–H groups in total. The van der Waals surface area contributed by atoms with Crippen LogP contribution in [-0.4, -0.2) is 17.5 Å². The van der Waals surface area contributed by atoms with Gasteiger partial charge in [0.25, 0.3) is 0 Å². The Hall–Kier alpha value is -0.480. The first-order valence-electron chi connectivity index (χ1n) is 6.87. The van der Waals surface area contributed by atoms with Gasteiger partial charge in [-0.2, -0.15) is 0 Å². The number of hydrogen-bond acceptors (Lipinski definition) is 3. The van der Waals surface area contributed by atoms with Crippen LogP contribution in [-0.2, 0) is 0 Å². The van der Waals surface area contributed by atoms with Crippen molar-refractivity contribution in [1.29, 1.82) is 0 Å². The standard InChI is InChI=1S/C15H19BrN2S/c1-11-4-5-13(12(16)8-11)18-14-17-9-15(10-19-14)6-2-3-7-15/h4-5,8H,2-3,6-7,9-10H2,1H3,(H,17,18). The lowest BCUT2D eigenvalue weighted by molar-refractivity contribution is 0.359. The Kier molecular flexibility index (Phi) is 3.90. The van der Waals surface area contributed by atoms with Crippen molar-refractivity contribution in [2.45, 2.75) is 32.6 Å². The minimum atomic E-state index is 0.514. The number of aryl methyl sites for hydroxylation is 1. The van der Waals surface area contributed by atoms with Gasteiger partial charge in [0.05, 0.1) is 5.69 Å². The molecular formula is C15H19BrN2S. The molecule has 3 rings (SSSR count). The van der Waals surface area contributed by atoms with E-state index in [1.54, 1.807) is 0 Å². The molecule has 0 amide bonds. The van der Waals surface area contributed by atoms with Gasteiger partial charge >= 0.3 is 0 Å². The quantitative estimate of drug-likeness (QED) is 0.792. The van der Waals surface area contributed by atoms with E-state index < -0.39 is 0 Å². The molecule has 0 radical (unpaired) electrons. The Morgan fingerprint density at radius 3 is 2.74 bits per heavy atom. The van der Waals surface area contributed by atoms with E-state index in [1.165, 1.54) is 37.0 Å². The first kappa shape index (κ1) is 13.5. The predicted molar refractivity (Wildman–Crippen MR) is 88.2 cm³/mol. The second-order valence-electron chi connectivity index (χ2n) is 5.73. The maximum atomic E-state index is 4.77. The number of amidine groups is 1. The number of halogens is 1. The molecule has 2 nitrogen and oxygen atoms in total. The number of hydrogen-bond donors (Lipinski definition) is 1. The van der Waals surface area contributed by atoms with Crippen LogP contribution in [0.25, 0.3) is 0 Å². The molecule has 1 aromatic rings. The fourth-order valence-electron chi connectivity index (χ4n) is 2.89. The third kappa shape index (κ3) is 3.00. The van der Waals surface area contributed by atoms with Crippen molar-refractivity contribution in [2.24, 2.45) is 10.4 Å². The van der Waals surface area contributed by atoms with Crippen LogP contribution in [0.2, 0.25) is 0 Å². The van der Waals surface area contributed by atoms with Gasteiger partial charge in [0.1, 0.15) is 0 Å². The van der Waals surface area contributed by atoms with Gasteiger partial charge < -0.3 is 5.32 Å². The molecule has 1 heterocycles. The van der Waals surface area contributed by atoms with Crippen LogP contribution in [0, 0.1) is 12.3 Å². The zero-order valence-corrected chi connectivity index (χ0v) is 13.6. The summed E-state index contributed by atoms with van der Waals surface area (Å²) in [6.45, 7) is 3.11. The highest BCUT2D eigenvalue weighted by atomic mass is 79.9. The molecule has 1 spiro atoms. The lowest BCUT2D eigenvalue weighted by Crippen LogP contribution is -2.30. The molecule has 0 atom stereocenters. The van der Waals surface area contributed by atoms with Crippen molar-refractivity contribution in [3.8, 4) is 0 Å². The molecule has 1 aliphatic carbocycles. The van der Waals surface area contributed by atoms with Gasteiger partial charge in [-0.05, 0) is 58.8 Å². The van der Waals surface area contributed by atoms with E-state index in [9.17, 15) is 0 Å². The summed E-state index contributed by atoms with van der Waals surface area (Å²) in [7, 11) is 0. The van der Waals surface area contributed by atoms with Gasteiger partial charge in [-0.25, -0.2) is 0 Å². The lowest BCUT2D eigenvalue weighted by atomic mass is 9.89. The van der Waals surface area contributed by atoms with Crippen molar-refractivity contribution in [1.82, 2.24) is 0 Å². The van der Waals surface area contributed by atoms with Gasteiger partial charge in [0.15, 0.2) is 5.17 Å². The smallest absolute Gasteiger partial charge is 0.161 e. The van der Waals surface area contributed by atoms with E-state index in [1.807, 2.05) is 11.8 Å². The highest BCUT2D eigenvalue weighted by Crippen LogP contribution is 2.43. The fourth-order valence-corrected chi connectivity index (χ4v) is 4.65. The molecule has 0 unspecified atom stereocenters. The zero-order chi connectivity index (χ0) is 13.3. The first-order chi connectivity index (χ1) is 9.17. The molecule has 1 saturated carbocycles. The van der Waals surface area contributed by atoms with Crippen molar-refractivity contribution < 1.29 is 0 Å². The first-order valence-corrected chi connectivity index (χ1v) is 8.65. The SMILES string of the molecule is Cc1ccc(NC2=NCC3(CCCC3)CS2)c(Br)c1. The maximum absolute atomic E-state index is 4.77. The highest BCUT2D eigenvalue weighted by molar-refractivity contribution is 9.10. The molecule has 2 aliphatic rings. The molecule has 102 valence electrons. The number of nitrogens with one attached hydrogen (secondary N) is 1. The summed E-state index contributed by atoms with van der Waals surface area (Å²) in [5, 5.41) is 4.52. The zero-order valence-electron chi connectivity index (χ0n) is 11.2. The van der Waals surface area contributed by atoms with Crippen molar-refractivity contribution in [3.05, 3.63) is 28.2 Å². The Labute approximate surface area is 127 Å². The second-order valence-corrected chi connectivity index (χ2v) is 7.54. The Morgan fingerprint density at radius 1 is 1.32 bits per heavy atom. The average molecular weight is 339 g/mol. The number of benzene rings is 1. The van der Waals surface area contributed by atoms with Gasteiger partial charge in [0, 0.05) is 16.8 Å². The maximum Gasteiger partial charge on any atom is 0.161 e. The van der Waals surface area contributed by atoms with Gasteiger partial charge in [-0.1, -0.05) is 30.7 Å². The third-order valence-corrected chi connectivity index (χ3v) is 6.02. The van der Waals surface area contributed by atoms with Gasteiger partial charge in [-0.3, -0.25) is 4.99 Å². The Balaban J connectivity index is 1.69. The summed E-state index contributed by atoms with van der Waals surface area (Å²) in [5.74, 6) is 1.22. The lowest BCUT2D eigenvalue weighted by Gasteiger charge is -2.31. The number of aliphatic imine (C=N–C) groups is 1. The monoisotopic (exact) mass is 338 g/mol. The van der Waals surface area contributed by atoms with Crippen LogP contribution in [0.5, 0.6) is 0 Å². The predicted octanol–water partition coefficient (Wildman–Crippen LogP) is 4.83. The van der Waals surface area contributed by atoms with Crippen molar-refractivity contribution >= 4 is 38.5 Å². The van der Waals surface area contributed by atoms with E-state index >= 15 is 0 Å². The summed E-state index contributed by atoms with van der Waals surface area (Å²) >= 11 is 5.49. The summed E-state index contributed by atoms with van der Waals surface area (Å²) in [5.41, 5.74) is 2.89. The molecular weight excluding hydrogens is 320 g/mol. The van der Waals surface area contributed by atoms with Gasteiger partial charge in [-0.15, -0.1) is 0 Å².